The Bertz CT molecular complexity index is 415. The van der Waals surface area contributed by atoms with E-state index in [1.807, 2.05) is 33.8 Å². The van der Waals surface area contributed by atoms with Gasteiger partial charge in [-0.15, -0.1) is 6.58 Å². The maximum Gasteiger partial charge on any atom is 0.308 e. The van der Waals surface area contributed by atoms with Crippen LogP contribution in [-0.2, 0) is 9.53 Å². The first-order valence-corrected chi connectivity index (χ1v) is 7.70. The van der Waals surface area contributed by atoms with Gasteiger partial charge in [-0.05, 0) is 33.3 Å². The molecule has 0 aliphatic rings. The second-order valence-corrected chi connectivity index (χ2v) is 7.56. The molecule has 4 nitrogen and oxygen atoms in total. The van der Waals surface area contributed by atoms with Crippen LogP contribution >= 0.6 is 0 Å². The highest BCUT2D eigenvalue weighted by molar-refractivity contribution is 5.70. The van der Waals surface area contributed by atoms with Crippen molar-refractivity contribution in [2.45, 2.75) is 72.7 Å². The Labute approximate surface area is 134 Å². The van der Waals surface area contributed by atoms with E-state index in [0.29, 0.717) is 0 Å². The third-order valence-electron chi connectivity index (χ3n) is 3.57. The van der Waals surface area contributed by atoms with Crippen LogP contribution < -0.4 is 0 Å². The summed E-state index contributed by atoms with van der Waals surface area (Å²) < 4.78 is 5.23. The second-order valence-electron chi connectivity index (χ2n) is 7.56. The van der Waals surface area contributed by atoms with E-state index in [1.54, 1.807) is 26.8 Å². The molecule has 0 aliphatic heterocycles. The van der Waals surface area contributed by atoms with Crippen LogP contribution in [-0.4, -0.2) is 34.0 Å². The third-order valence-corrected chi connectivity index (χ3v) is 3.57. The number of esters is 1. The molecule has 4 heteroatoms. The summed E-state index contributed by atoms with van der Waals surface area (Å²) in [5.41, 5.74) is -0.467. The average Bonchev–Trinajstić information content (AvgIpc) is 2.33. The molecular weight excluding hydrogens is 280 g/mol. The maximum absolute atomic E-state index is 11.8. The summed E-state index contributed by atoms with van der Waals surface area (Å²) in [4.78, 5) is 11.8. The van der Waals surface area contributed by atoms with E-state index in [0.717, 1.165) is 5.57 Å². The lowest BCUT2D eigenvalue weighted by molar-refractivity contribution is -0.158. The molecule has 0 radical (unpaired) electrons. The van der Waals surface area contributed by atoms with E-state index < -0.39 is 29.2 Å². The lowest BCUT2D eigenvalue weighted by Gasteiger charge is -2.30. The molecule has 2 N–H and O–H groups in total. The van der Waals surface area contributed by atoms with Gasteiger partial charge in [0.1, 0.15) is 5.60 Å². The van der Waals surface area contributed by atoms with Gasteiger partial charge in [0.15, 0.2) is 0 Å². The molecule has 0 saturated heterocycles. The molecule has 0 rings (SSSR count). The van der Waals surface area contributed by atoms with Crippen molar-refractivity contribution in [3.63, 3.8) is 0 Å². The molecule has 0 heterocycles. The first kappa shape index (κ1) is 20.9. The van der Waals surface area contributed by atoms with Crippen molar-refractivity contribution in [1.29, 1.82) is 0 Å². The van der Waals surface area contributed by atoms with Crippen molar-refractivity contribution in [3.05, 3.63) is 24.3 Å². The summed E-state index contributed by atoms with van der Waals surface area (Å²) in [5, 5.41) is 20.5. The lowest BCUT2D eigenvalue weighted by Crippen LogP contribution is -2.34. The normalized spacial score (nSPS) is 17.6. The number of aliphatic hydroxyl groups is 2. The molecule has 0 spiro atoms. The van der Waals surface area contributed by atoms with Crippen LogP contribution in [0.4, 0.5) is 0 Å². The zero-order chi connectivity index (χ0) is 17.7. The van der Waals surface area contributed by atoms with Gasteiger partial charge in [-0.2, -0.15) is 0 Å². The van der Waals surface area contributed by atoms with Gasteiger partial charge in [-0.3, -0.25) is 4.79 Å². The molecule has 0 fully saturated rings. The largest absolute Gasteiger partial charge is 0.460 e. The second kappa shape index (κ2) is 7.93. The molecule has 0 bridgehead atoms. The number of hydrogen-bond acceptors (Lipinski definition) is 4. The molecule has 0 aliphatic carbocycles. The molecule has 0 unspecified atom stereocenters. The first-order chi connectivity index (χ1) is 9.80. The number of carbonyl (C=O) groups excluding carboxylic acids is 1. The molecule has 22 heavy (non-hydrogen) atoms. The third kappa shape index (κ3) is 7.23. The van der Waals surface area contributed by atoms with Crippen LogP contribution in [0.3, 0.4) is 0 Å². The van der Waals surface area contributed by atoms with Crippen molar-refractivity contribution in [1.82, 2.24) is 0 Å². The Morgan fingerprint density at radius 3 is 2.14 bits per heavy atom. The quantitative estimate of drug-likeness (QED) is 0.559. The number of rotatable bonds is 7. The summed E-state index contributed by atoms with van der Waals surface area (Å²) in [7, 11) is 0. The number of aliphatic hydroxyl groups excluding tert-OH is 2. The summed E-state index contributed by atoms with van der Waals surface area (Å²) >= 11 is 0. The van der Waals surface area contributed by atoms with Gasteiger partial charge >= 0.3 is 5.97 Å². The Balaban J connectivity index is 4.92. The van der Waals surface area contributed by atoms with E-state index in [1.165, 1.54) is 0 Å². The predicted octanol–water partition coefficient (Wildman–Crippen LogP) is 3.23. The Hall–Kier alpha value is -1.13. The number of carbonyl (C=O) groups is 1. The molecule has 0 aromatic rings. The smallest absolute Gasteiger partial charge is 0.308 e. The van der Waals surface area contributed by atoms with E-state index in [4.69, 9.17) is 4.74 Å². The molecule has 0 amide bonds. The zero-order valence-corrected chi connectivity index (χ0v) is 15.0. The number of hydrogen-bond donors (Lipinski definition) is 2. The fraction of sp³-hybridized carbons (Fsp3) is 0.722. The summed E-state index contributed by atoms with van der Waals surface area (Å²) in [6.07, 6.45) is 1.88. The molecule has 3 atom stereocenters. The Morgan fingerprint density at radius 2 is 1.73 bits per heavy atom. The van der Waals surface area contributed by atoms with Crippen molar-refractivity contribution in [2.75, 3.05) is 0 Å². The van der Waals surface area contributed by atoms with Gasteiger partial charge in [-0.25, -0.2) is 0 Å². The highest BCUT2D eigenvalue weighted by Crippen LogP contribution is 2.29. The van der Waals surface area contributed by atoms with Crippen LogP contribution in [0.1, 0.15) is 54.9 Å². The fourth-order valence-corrected chi connectivity index (χ4v) is 2.12. The van der Waals surface area contributed by atoms with Crippen molar-refractivity contribution in [3.8, 4) is 0 Å². The molecule has 128 valence electrons. The topological polar surface area (TPSA) is 66.8 Å². The van der Waals surface area contributed by atoms with E-state index in [2.05, 4.69) is 6.58 Å². The Kier molecular flexibility index (Phi) is 7.52. The zero-order valence-electron chi connectivity index (χ0n) is 15.0. The van der Waals surface area contributed by atoms with Crippen LogP contribution in [0.15, 0.2) is 24.3 Å². The standard InChI is InChI=1S/C18H32O4/c1-9-12(2)16(21)13(3)11-18(7,8)14(19)10-15(20)22-17(4,5)6/h9,11-12,14,16,19,21H,1,10H2,2-8H3/b13-11+/t12-,14+,16-/m1/s1. The lowest BCUT2D eigenvalue weighted by atomic mass is 9.81. The average molecular weight is 312 g/mol. The van der Waals surface area contributed by atoms with Crippen LogP contribution in [0.5, 0.6) is 0 Å². The maximum atomic E-state index is 11.8. The van der Waals surface area contributed by atoms with E-state index in [-0.39, 0.29) is 12.3 Å². The van der Waals surface area contributed by atoms with Crippen molar-refractivity contribution < 1.29 is 19.7 Å². The highest BCUT2D eigenvalue weighted by Gasteiger charge is 2.30. The minimum absolute atomic E-state index is 0.0740. The monoisotopic (exact) mass is 312 g/mol. The van der Waals surface area contributed by atoms with Gasteiger partial charge in [0.2, 0.25) is 0 Å². The predicted molar refractivity (Wildman–Crippen MR) is 89.4 cm³/mol. The highest BCUT2D eigenvalue weighted by atomic mass is 16.6. The SMILES string of the molecule is C=C[C@@H](C)[C@@H](O)/C(C)=C/C(C)(C)[C@@H](O)CC(=O)OC(C)(C)C. The fourth-order valence-electron chi connectivity index (χ4n) is 2.12. The van der Waals surface area contributed by atoms with Gasteiger partial charge < -0.3 is 14.9 Å². The summed E-state index contributed by atoms with van der Waals surface area (Å²) in [6.45, 7) is 16.4. The van der Waals surface area contributed by atoms with Gasteiger partial charge in [0, 0.05) is 11.3 Å². The molecule has 0 saturated carbocycles. The molecule has 0 aromatic carbocycles. The van der Waals surface area contributed by atoms with Crippen LogP contribution in [0.25, 0.3) is 0 Å². The van der Waals surface area contributed by atoms with E-state index in [9.17, 15) is 15.0 Å². The summed E-state index contributed by atoms with van der Waals surface area (Å²) in [5.74, 6) is -0.505. The van der Waals surface area contributed by atoms with Crippen molar-refractivity contribution in [2.24, 2.45) is 11.3 Å². The number of ether oxygens (including phenoxy) is 1. The van der Waals surface area contributed by atoms with Gasteiger partial charge in [-0.1, -0.05) is 32.9 Å². The molecule has 0 aromatic heterocycles. The van der Waals surface area contributed by atoms with E-state index >= 15 is 0 Å². The first-order valence-electron chi connectivity index (χ1n) is 7.70. The van der Waals surface area contributed by atoms with Crippen LogP contribution in [0, 0.1) is 11.3 Å². The molecular formula is C18H32O4. The van der Waals surface area contributed by atoms with Gasteiger partial charge in [0.25, 0.3) is 0 Å². The van der Waals surface area contributed by atoms with Crippen molar-refractivity contribution >= 4 is 5.97 Å². The minimum Gasteiger partial charge on any atom is -0.460 e. The summed E-state index contributed by atoms with van der Waals surface area (Å²) in [6, 6.07) is 0. The minimum atomic E-state index is -0.886. The van der Waals surface area contributed by atoms with Crippen LogP contribution in [0.2, 0.25) is 0 Å². The van der Waals surface area contributed by atoms with Gasteiger partial charge in [0.05, 0.1) is 18.6 Å². The Morgan fingerprint density at radius 1 is 1.23 bits per heavy atom.